The zero-order valence-electron chi connectivity index (χ0n) is 13.8. The molecule has 0 bridgehead atoms. The van der Waals surface area contributed by atoms with Gasteiger partial charge in [0.2, 0.25) is 0 Å². The van der Waals surface area contributed by atoms with Crippen molar-refractivity contribution in [3.8, 4) is 0 Å². The highest BCUT2D eigenvalue weighted by atomic mass is 16.5. The van der Waals surface area contributed by atoms with Gasteiger partial charge >= 0.3 is 5.97 Å². The number of pyridine rings is 1. The summed E-state index contributed by atoms with van der Waals surface area (Å²) in [6, 6.07) is 5.81. The first-order valence-electron chi connectivity index (χ1n) is 8.31. The Morgan fingerprint density at radius 3 is 2.74 bits per heavy atom. The number of ether oxygens (including phenoxy) is 1. The van der Waals surface area contributed by atoms with Gasteiger partial charge in [-0.1, -0.05) is 25.3 Å². The van der Waals surface area contributed by atoms with Crippen molar-refractivity contribution < 1.29 is 14.5 Å². The van der Waals surface area contributed by atoms with E-state index in [-0.39, 0.29) is 12.0 Å². The maximum Gasteiger partial charge on any atom is 0.342 e. The van der Waals surface area contributed by atoms with Crippen LogP contribution in [0.25, 0.3) is 0 Å². The van der Waals surface area contributed by atoms with E-state index in [4.69, 9.17) is 4.74 Å². The van der Waals surface area contributed by atoms with E-state index < -0.39 is 0 Å². The van der Waals surface area contributed by atoms with Gasteiger partial charge in [-0.05, 0) is 31.9 Å². The minimum absolute atomic E-state index is 0.0130. The van der Waals surface area contributed by atoms with Gasteiger partial charge in [0.1, 0.15) is 17.3 Å². The Morgan fingerprint density at radius 2 is 2.09 bits per heavy atom. The zero-order valence-corrected chi connectivity index (χ0v) is 13.8. The molecule has 23 heavy (non-hydrogen) atoms. The first-order chi connectivity index (χ1) is 11.2. The van der Waals surface area contributed by atoms with E-state index in [1.165, 1.54) is 26.4 Å². The Hall–Kier alpha value is -2.17. The molecule has 2 aliphatic rings. The summed E-state index contributed by atoms with van der Waals surface area (Å²) >= 11 is 0. The van der Waals surface area contributed by atoms with Crippen LogP contribution < -0.4 is 10.3 Å². The number of methoxy groups -OCH3 is 1. The number of nitrogens with zero attached hydrogens (tertiary/aromatic N) is 1. The first-order valence-corrected chi connectivity index (χ1v) is 8.31. The zero-order chi connectivity index (χ0) is 16.2. The molecule has 5 heteroatoms. The van der Waals surface area contributed by atoms with Gasteiger partial charge < -0.3 is 4.74 Å². The largest absolute Gasteiger partial charge is 0.465 e. The number of aromatic nitrogens is 1. The lowest BCUT2D eigenvalue weighted by atomic mass is 9.80. The van der Waals surface area contributed by atoms with Gasteiger partial charge in [-0.25, -0.2) is 15.1 Å². The molecule has 1 saturated carbocycles. The SMILES string of the molecule is COC(=O)C1=C(C)NC(c2ccccn2)=[NH+]C1C1CCCCC1. The van der Waals surface area contributed by atoms with Gasteiger partial charge in [-0.2, -0.15) is 0 Å². The molecule has 0 aromatic carbocycles. The highest BCUT2D eigenvalue weighted by Gasteiger charge is 2.39. The quantitative estimate of drug-likeness (QED) is 0.814. The highest BCUT2D eigenvalue weighted by Crippen LogP contribution is 2.29. The Balaban J connectivity index is 1.97. The van der Waals surface area contributed by atoms with Crippen molar-refractivity contribution in [2.24, 2.45) is 5.92 Å². The van der Waals surface area contributed by atoms with Crippen LogP contribution in [0.3, 0.4) is 0 Å². The number of carbonyl (C=O) groups is 1. The van der Waals surface area contributed by atoms with E-state index >= 15 is 0 Å². The summed E-state index contributed by atoms with van der Waals surface area (Å²) < 4.78 is 5.02. The van der Waals surface area contributed by atoms with E-state index in [1.54, 1.807) is 6.20 Å². The van der Waals surface area contributed by atoms with E-state index in [0.717, 1.165) is 35.6 Å². The molecule has 1 aromatic rings. The molecule has 1 unspecified atom stereocenters. The summed E-state index contributed by atoms with van der Waals surface area (Å²) in [7, 11) is 1.44. The molecule has 5 nitrogen and oxygen atoms in total. The fourth-order valence-corrected chi connectivity index (χ4v) is 3.61. The van der Waals surface area contributed by atoms with Crippen LogP contribution in [-0.2, 0) is 9.53 Å². The van der Waals surface area contributed by atoms with Crippen LogP contribution in [0.2, 0.25) is 0 Å². The Morgan fingerprint density at radius 1 is 1.30 bits per heavy atom. The number of amidine groups is 1. The summed E-state index contributed by atoms with van der Waals surface area (Å²) in [5, 5.41) is 3.29. The number of hydrogen-bond acceptors (Lipinski definition) is 4. The van der Waals surface area contributed by atoms with Gasteiger partial charge in [-0.15, -0.1) is 0 Å². The lowest BCUT2D eigenvalue weighted by molar-refractivity contribution is -0.506. The van der Waals surface area contributed by atoms with Crippen LogP contribution in [0.1, 0.15) is 44.7 Å². The van der Waals surface area contributed by atoms with Crippen molar-refractivity contribution in [2.75, 3.05) is 7.11 Å². The molecule has 0 radical (unpaired) electrons. The lowest BCUT2D eigenvalue weighted by Gasteiger charge is -2.29. The van der Waals surface area contributed by atoms with Crippen molar-refractivity contribution >= 4 is 11.8 Å². The number of nitrogens with one attached hydrogen (secondary N) is 2. The summed E-state index contributed by atoms with van der Waals surface area (Å²) in [6.45, 7) is 1.94. The molecular formula is C18H24N3O2+. The smallest absolute Gasteiger partial charge is 0.342 e. The standard InChI is InChI=1S/C18H23N3O2/c1-12-15(18(22)23-2)16(13-8-4-3-5-9-13)21-17(20-12)14-10-6-7-11-19-14/h6-7,10-11,13,16H,3-5,8-9H2,1-2H3,(H,20,21)/p+1. The fourth-order valence-electron chi connectivity index (χ4n) is 3.61. The molecule has 1 atom stereocenters. The molecule has 3 rings (SSSR count). The van der Waals surface area contributed by atoms with Crippen molar-refractivity contribution in [3.05, 3.63) is 41.4 Å². The molecule has 122 valence electrons. The third-order valence-electron chi connectivity index (χ3n) is 4.77. The molecule has 0 saturated heterocycles. The van der Waals surface area contributed by atoms with Crippen molar-refractivity contribution in [3.63, 3.8) is 0 Å². The van der Waals surface area contributed by atoms with Crippen molar-refractivity contribution in [2.45, 2.75) is 45.1 Å². The van der Waals surface area contributed by atoms with Crippen molar-refractivity contribution in [1.82, 2.24) is 10.3 Å². The van der Waals surface area contributed by atoms with Crippen LogP contribution in [0.5, 0.6) is 0 Å². The van der Waals surface area contributed by atoms with E-state index in [9.17, 15) is 4.79 Å². The second kappa shape index (κ2) is 6.94. The molecule has 1 aromatic heterocycles. The van der Waals surface area contributed by atoms with E-state index in [1.807, 2.05) is 25.1 Å². The molecular weight excluding hydrogens is 290 g/mol. The van der Waals surface area contributed by atoms with Crippen LogP contribution in [0, 0.1) is 5.92 Å². The lowest BCUT2D eigenvalue weighted by Crippen LogP contribution is -2.86. The molecule has 1 fully saturated rings. The van der Waals surface area contributed by atoms with E-state index in [0.29, 0.717) is 5.92 Å². The second-order valence-corrected chi connectivity index (χ2v) is 6.27. The van der Waals surface area contributed by atoms with Gasteiger partial charge in [-0.3, -0.25) is 4.99 Å². The average Bonchev–Trinajstić information content (AvgIpc) is 2.62. The third kappa shape index (κ3) is 3.28. The van der Waals surface area contributed by atoms with Gasteiger partial charge in [0.25, 0.3) is 5.84 Å². The maximum absolute atomic E-state index is 12.3. The first kappa shape index (κ1) is 15.7. The minimum atomic E-state index is -0.252. The summed E-state index contributed by atoms with van der Waals surface area (Å²) in [5.41, 5.74) is 2.43. The number of esters is 1. The molecule has 0 spiro atoms. The predicted molar refractivity (Wildman–Crippen MR) is 87.5 cm³/mol. The van der Waals surface area contributed by atoms with Crippen LogP contribution in [0.4, 0.5) is 0 Å². The van der Waals surface area contributed by atoms with Gasteiger partial charge in [0, 0.05) is 12.1 Å². The average molecular weight is 314 g/mol. The molecule has 0 amide bonds. The minimum Gasteiger partial charge on any atom is -0.465 e. The van der Waals surface area contributed by atoms with Crippen molar-refractivity contribution in [1.29, 1.82) is 0 Å². The van der Waals surface area contributed by atoms with E-state index in [2.05, 4.69) is 15.3 Å². The Labute approximate surface area is 136 Å². The second-order valence-electron chi connectivity index (χ2n) is 6.27. The fraction of sp³-hybridized carbons (Fsp3) is 0.500. The molecule has 2 heterocycles. The summed E-state index contributed by atoms with van der Waals surface area (Å²) in [6.07, 6.45) is 7.79. The number of hydrogen-bond donors (Lipinski definition) is 2. The monoisotopic (exact) mass is 314 g/mol. The molecule has 2 N–H and O–H groups in total. The number of allylic oxidation sites excluding steroid dienone is 1. The van der Waals surface area contributed by atoms with Gasteiger partial charge in [0.15, 0.2) is 5.69 Å². The summed E-state index contributed by atoms with van der Waals surface area (Å²) in [4.78, 5) is 20.2. The predicted octanol–water partition coefficient (Wildman–Crippen LogP) is 0.908. The van der Waals surface area contributed by atoms with Gasteiger partial charge in [0.05, 0.1) is 7.11 Å². The van der Waals surface area contributed by atoms with Crippen LogP contribution >= 0.6 is 0 Å². The maximum atomic E-state index is 12.3. The molecule has 1 aliphatic heterocycles. The highest BCUT2D eigenvalue weighted by molar-refractivity contribution is 5.97. The Kier molecular flexibility index (Phi) is 4.74. The number of rotatable bonds is 3. The third-order valence-corrected chi connectivity index (χ3v) is 4.77. The Bertz CT molecular complexity index is 631. The summed E-state index contributed by atoms with van der Waals surface area (Å²) in [5.74, 6) is 1.07. The topological polar surface area (TPSA) is 65.2 Å². The van der Waals surface area contributed by atoms with Crippen LogP contribution in [0.15, 0.2) is 35.7 Å². The normalized spacial score (nSPS) is 22.3. The number of carbonyl (C=O) groups excluding carboxylic acids is 1. The molecule has 1 aliphatic carbocycles. The van der Waals surface area contributed by atoms with Crippen LogP contribution in [-0.4, -0.2) is 29.9 Å².